The third-order valence-corrected chi connectivity index (χ3v) is 4.31. The first-order chi connectivity index (χ1) is 11.3. The first-order valence-corrected chi connectivity index (χ1v) is 8.00. The molecular formula is C16H15FN4OS. The highest BCUT2D eigenvalue weighted by Crippen LogP contribution is 2.22. The van der Waals surface area contributed by atoms with Crippen LogP contribution in [0, 0.1) is 5.82 Å². The Kier molecular flexibility index (Phi) is 4.87. The van der Waals surface area contributed by atoms with Crippen LogP contribution in [0.1, 0.15) is 11.1 Å². The molecule has 0 saturated heterocycles. The Morgan fingerprint density at radius 2 is 1.91 bits per heavy atom. The quantitative estimate of drug-likeness (QED) is 0.650. The van der Waals surface area contributed by atoms with Gasteiger partial charge in [-0.25, -0.2) is 9.07 Å². The van der Waals surface area contributed by atoms with Crippen LogP contribution in [0.2, 0.25) is 0 Å². The zero-order valence-corrected chi connectivity index (χ0v) is 13.3. The Labute approximate surface area is 137 Å². The fourth-order valence-electron chi connectivity index (χ4n) is 2.06. The van der Waals surface area contributed by atoms with Crippen molar-refractivity contribution in [2.24, 2.45) is 0 Å². The number of nitrogens with zero attached hydrogens (tertiary/aromatic N) is 4. The van der Waals surface area contributed by atoms with Crippen molar-refractivity contribution in [1.29, 1.82) is 0 Å². The van der Waals surface area contributed by atoms with Gasteiger partial charge >= 0.3 is 0 Å². The van der Waals surface area contributed by atoms with Gasteiger partial charge in [-0.15, -0.1) is 5.10 Å². The van der Waals surface area contributed by atoms with E-state index in [0.717, 1.165) is 11.3 Å². The smallest absolute Gasteiger partial charge is 0.209 e. The van der Waals surface area contributed by atoms with Crippen LogP contribution in [0.4, 0.5) is 4.39 Å². The summed E-state index contributed by atoms with van der Waals surface area (Å²) in [5.74, 6) is 1.07. The van der Waals surface area contributed by atoms with Crippen molar-refractivity contribution in [2.75, 3.05) is 7.11 Å². The second-order valence-electron chi connectivity index (χ2n) is 4.85. The van der Waals surface area contributed by atoms with Crippen molar-refractivity contribution in [1.82, 2.24) is 20.2 Å². The summed E-state index contributed by atoms with van der Waals surface area (Å²) in [6.07, 6.45) is 0. The number of tetrazole rings is 1. The molecule has 5 nitrogen and oxygen atoms in total. The SMILES string of the molecule is COc1ccc(Cn2nnnc2SCc2ccccc2F)cc1. The highest BCUT2D eigenvalue weighted by atomic mass is 32.2. The molecule has 0 aliphatic carbocycles. The van der Waals surface area contributed by atoms with E-state index in [4.69, 9.17) is 4.74 Å². The van der Waals surface area contributed by atoms with Crippen molar-refractivity contribution in [3.63, 3.8) is 0 Å². The first-order valence-electron chi connectivity index (χ1n) is 7.01. The van der Waals surface area contributed by atoms with Crippen molar-refractivity contribution >= 4 is 11.8 Å². The molecule has 3 aromatic rings. The minimum absolute atomic E-state index is 0.214. The number of rotatable bonds is 6. The van der Waals surface area contributed by atoms with E-state index < -0.39 is 0 Å². The minimum Gasteiger partial charge on any atom is -0.497 e. The molecule has 0 fully saturated rings. The summed E-state index contributed by atoms with van der Waals surface area (Å²) < 4.78 is 20.5. The topological polar surface area (TPSA) is 52.8 Å². The molecule has 0 spiro atoms. The second-order valence-corrected chi connectivity index (χ2v) is 5.79. The number of hydrogen-bond donors (Lipinski definition) is 0. The van der Waals surface area contributed by atoms with Crippen LogP contribution in [-0.2, 0) is 12.3 Å². The lowest BCUT2D eigenvalue weighted by atomic mass is 10.2. The van der Waals surface area contributed by atoms with Crippen LogP contribution in [-0.4, -0.2) is 27.3 Å². The van der Waals surface area contributed by atoms with E-state index in [-0.39, 0.29) is 5.82 Å². The minimum atomic E-state index is -0.214. The molecule has 0 amide bonds. The van der Waals surface area contributed by atoms with E-state index in [1.54, 1.807) is 23.9 Å². The van der Waals surface area contributed by atoms with Gasteiger partial charge < -0.3 is 4.74 Å². The summed E-state index contributed by atoms with van der Waals surface area (Å²) in [7, 11) is 1.63. The molecule has 0 aliphatic heterocycles. The molecule has 0 aliphatic rings. The van der Waals surface area contributed by atoms with E-state index >= 15 is 0 Å². The largest absolute Gasteiger partial charge is 0.497 e. The van der Waals surface area contributed by atoms with Crippen LogP contribution in [0.5, 0.6) is 5.75 Å². The fourth-order valence-corrected chi connectivity index (χ4v) is 2.92. The molecule has 7 heteroatoms. The molecule has 0 unspecified atom stereocenters. The number of benzene rings is 2. The Bertz CT molecular complexity index is 776. The van der Waals surface area contributed by atoms with E-state index in [0.29, 0.717) is 23.0 Å². The highest BCUT2D eigenvalue weighted by Gasteiger charge is 2.09. The third-order valence-electron chi connectivity index (χ3n) is 3.31. The monoisotopic (exact) mass is 330 g/mol. The molecule has 118 valence electrons. The number of halogens is 1. The molecule has 0 radical (unpaired) electrons. The first kappa shape index (κ1) is 15.5. The van der Waals surface area contributed by atoms with Crippen LogP contribution in [0.25, 0.3) is 0 Å². The summed E-state index contributed by atoms with van der Waals surface area (Å²) in [4.78, 5) is 0. The van der Waals surface area contributed by atoms with Gasteiger partial charge in [-0.05, 0) is 39.8 Å². The number of thioether (sulfide) groups is 1. The fraction of sp³-hybridized carbons (Fsp3) is 0.188. The lowest BCUT2D eigenvalue weighted by Gasteiger charge is -2.06. The zero-order chi connectivity index (χ0) is 16.1. The average molecular weight is 330 g/mol. The van der Waals surface area contributed by atoms with Crippen molar-refractivity contribution in [3.05, 3.63) is 65.5 Å². The van der Waals surface area contributed by atoms with E-state index in [2.05, 4.69) is 15.5 Å². The molecule has 0 bridgehead atoms. The maximum atomic E-state index is 13.7. The van der Waals surface area contributed by atoms with Gasteiger partial charge in [0.15, 0.2) is 0 Å². The van der Waals surface area contributed by atoms with Gasteiger partial charge in [0, 0.05) is 5.75 Å². The molecule has 2 aromatic carbocycles. The zero-order valence-electron chi connectivity index (χ0n) is 12.5. The van der Waals surface area contributed by atoms with Gasteiger partial charge in [-0.1, -0.05) is 42.1 Å². The van der Waals surface area contributed by atoms with E-state index in [1.165, 1.54) is 17.8 Å². The number of aromatic nitrogens is 4. The summed E-state index contributed by atoms with van der Waals surface area (Å²) in [5, 5.41) is 12.4. The maximum Gasteiger partial charge on any atom is 0.209 e. The van der Waals surface area contributed by atoms with Crippen LogP contribution in [0.3, 0.4) is 0 Å². The standard InChI is InChI=1S/C16H15FN4OS/c1-22-14-8-6-12(7-9-14)10-21-16(18-19-20-21)23-11-13-4-2-3-5-15(13)17/h2-9H,10-11H2,1H3. The summed E-state index contributed by atoms with van der Waals surface area (Å²) >= 11 is 1.41. The molecule has 1 heterocycles. The average Bonchev–Trinajstić information content (AvgIpc) is 3.02. The Morgan fingerprint density at radius 3 is 2.65 bits per heavy atom. The molecule has 23 heavy (non-hydrogen) atoms. The van der Waals surface area contributed by atoms with Gasteiger partial charge in [0.05, 0.1) is 13.7 Å². The summed E-state index contributed by atoms with van der Waals surface area (Å²) in [6.45, 7) is 0.552. The molecule has 0 saturated carbocycles. The summed E-state index contributed by atoms with van der Waals surface area (Å²) in [5.41, 5.74) is 1.70. The van der Waals surface area contributed by atoms with Gasteiger partial charge in [0.2, 0.25) is 5.16 Å². The maximum absolute atomic E-state index is 13.7. The Morgan fingerprint density at radius 1 is 1.13 bits per heavy atom. The Hall–Kier alpha value is -2.41. The van der Waals surface area contributed by atoms with Crippen LogP contribution < -0.4 is 4.74 Å². The van der Waals surface area contributed by atoms with Gasteiger partial charge in [0.25, 0.3) is 0 Å². The van der Waals surface area contributed by atoms with Gasteiger partial charge in [-0.2, -0.15) is 0 Å². The number of hydrogen-bond acceptors (Lipinski definition) is 5. The summed E-state index contributed by atoms with van der Waals surface area (Å²) in [6, 6.07) is 14.4. The molecule has 1 aromatic heterocycles. The number of methoxy groups -OCH3 is 1. The molecule has 0 atom stereocenters. The predicted molar refractivity (Wildman–Crippen MR) is 85.9 cm³/mol. The Balaban J connectivity index is 1.68. The highest BCUT2D eigenvalue weighted by molar-refractivity contribution is 7.98. The van der Waals surface area contributed by atoms with Crippen molar-refractivity contribution < 1.29 is 9.13 Å². The van der Waals surface area contributed by atoms with Crippen molar-refractivity contribution in [2.45, 2.75) is 17.5 Å². The van der Waals surface area contributed by atoms with Crippen LogP contribution in [0.15, 0.2) is 53.7 Å². The lowest BCUT2D eigenvalue weighted by Crippen LogP contribution is -2.04. The molecular weight excluding hydrogens is 315 g/mol. The van der Waals surface area contributed by atoms with Gasteiger partial charge in [0.1, 0.15) is 11.6 Å². The van der Waals surface area contributed by atoms with E-state index in [9.17, 15) is 4.39 Å². The van der Waals surface area contributed by atoms with E-state index in [1.807, 2.05) is 30.3 Å². The molecule has 3 rings (SSSR count). The lowest BCUT2D eigenvalue weighted by molar-refractivity contribution is 0.414. The normalized spacial score (nSPS) is 10.7. The third kappa shape index (κ3) is 3.87. The van der Waals surface area contributed by atoms with Crippen LogP contribution >= 0.6 is 11.8 Å². The number of ether oxygens (including phenoxy) is 1. The van der Waals surface area contributed by atoms with Gasteiger partial charge in [-0.3, -0.25) is 0 Å². The van der Waals surface area contributed by atoms with Crippen molar-refractivity contribution in [3.8, 4) is 5.75 Å². The molecule has 0 N–H and O–H groups in total. The predicted octanol–water partition coefficient (Wildman–Crippen LogP) is 3.16. The second kappa shape index (κ2) is 7.23.